The maximum Gasteiger partial charge on any atom is 0.243 e. The number of aromatic nitrogens is 2. The van der Waals surface area contributed by atoms with Gasteiger partial charge in [0.05, 0.1) is 6.33 Å². The van der Waals surface area contributed by atoms with Crippen molar-refractivity contribution in [3.05, 3.63) is 54.1 Å². The summed E-state index contributed by atoms with van der Waals surface area (Å²) in [4.78, 5) is 16.1. The zero-order valence-corrected chi connectivity index (χ0v) is 12.2. The fraction of sp³-hybridized carbons (Fsp3) is 0.375. The van der Waals surface area contributed by atoms with Gasteiger partial charge in [-0.3, -0.25) is 4.79 Å². The summed E-state index contributed by atoms with van der Waals surface area (Å²) in [5.41, 5.74) is 2.53. The standard InChI is InChI=1S/C16H21N3O/c1-12-6-4-5-7-15(12)10-13(2)18-16(20)14(3)19-9-8-17-11-19/h4-9,11,13-14H,10H2,1-3H3,(H,18,20). The third-order valence-electron chi connectivity index (χ3n) is 3.53. The van der Waals surface area contributed by atoms with Gasteiger partial charge in [0.15, 0.2) is 0 Å². The minimum absolute atomic E-state index is 0.0177. The van der Waals surface area contributed by atoms with E-state index in [1.54, 1.807) is 23.3 Å². The highest BCUT2D eigenvalue weighted by molar-refractivity contribution is 5.80. The van der Waals surface area contributed by atoms with Crippen molar-refractivity contribution in [3.8, 4) is 0 Å². The molecule has 0 spiro atoms. The van der Waals surface area contributed by atoms with Gasteiger partial charge >= 0.3 is 0 Å². The van der Waals surface area contributed by atoms with Crippen LogP contribution in [0.2, 0.25) is 0 Å². The van der Waals surface area contributed by atoms with E-state index in [-0.39, 0.29) is 18.0 Å². The molecule has 1 N–H and O–H groups in total. The molecule has 106 valence electrons. The number of carbonyl (C=O) groups is 1. The van der Waals surface area contributed by atoms with Gasteiger partial charge in [0.25, 0.3) is 0 Å². The van der Waals surface area contributed by atoms with Gasteiger partial charge in [0.2, 0.25) is 5.91 Å². The van der Waals surface area contributed by atoms with Crippen molar-refractivity contribution in [2.45, 2.75) is 39.3 Å². The molecule has 2 atom stereocenters. The number of imidazole rings is 1. The number of nitrogens with one attached hydrogen (secondary N) is 1. The Labute approximate surface area is 119 Å². The Morgan fingerprint density at radius 3 is 2.75 bits per heavy atom. The van der Waals surface area contributed by atoms with Crippen LogP contribution in [-0.4, -0.2) is 21.5 Å². The van der Waals surface area contributed by atoms with Gasteiger partial charge in [-0.2, -0.15) is 0 Å². The van der Waals surface area contributed by atoms with E-state index in [9.17, 15) is 4.79 Å². The summed E-state index contributed by atoms with van der Waals surface area (Å²) in [5.74, 6) is 0.0177. The SMILES string of the molecule is Cc1ccccc1CC(C)NC(=O)C(C)n1ccnc1. The van der Waals surface area contributed by atoms with Crippen LogP contribution in [0.5, 0.6) is 0 Å². The lowest BCUT2D eigenvalue weighted by Crippen LogP contribution is -2.38. The molecule has 0 saturated carbocycles. The van der Waals surface area contributed by atoms with Crippen LogP contribution in [0.3, 0.4) is 0 Å². The highest BCUT2D eigenvalue weighted by Gasteiger charge is 2.16. The van der Waals surface area contributed by atoms with E-state index < -0.39 is 0 Å². The van der Waals surface area contributed by atoms with E-state index in [4.69, 9.17) is 0 Å². The molecule has 0 aliphatic carbocycles. The first-order chi connectivity index (χ1) is 9.58. The maximum absolute atomic E-state index is 12.2. The Balaban J connectivity index is 1.93. The van der Waals surface area contributed by atoms with Crippen LogP contribution in [0.4, 0.5) is 0 Å². The van der Waals surface area contributed by atoms with Crippen LogP contribution >= 0.6 is 0 Å². The van der Waals surface area contributed by atoms with Gasteiger partial charge < -0.3 is 9.88 Å². The lowest BCUT2D eigenvalue weighted by atomic mass is 10.0. The van der Waals surface area contributed by atoms with Crippen LogP contribution in [0.25, 0.3) is 0 Å². The largest absolute Gasteiger partial charge is 0.352 e. The quantitative estimate of drug-likeness (QED) is 0.908. The van der Waals surface area contributed by atoms with E-state index in [2.05, 4.69) is 29.4 Å². The first-order valence-corrected chi connectivity index (χ1v) is 6.90. The Morgan fingerprint density at radius 1 is 1.35 bits per heavy atom. The Bertz CT molecular complexity index is 563. The number of carbonyl (C=O) groups excluding carboxylic acids is 1. The van der Waals surface area contributed by atoms with Crippen molar-refractivity contribution >= 4 is 5.91 Å². The monoisotopic (exact) mass is 271 g/mol. The fourth-order valence-corrected chi connectivity index (χ4v) is 2.22. The fourth-order valence-electron chi connectivity index (χ4n) is 2.22. The number of aryl methyl sites for hydroxylation is 1. The van der Waals surface area contributed by atoms with E-state index in [1.807, 2.05) is 26.0 Å². The molecular formula is C16H21N3O. The van der Waals surface area contributed by atoms with Gasteiger partial charge in [0.1, 0.15) is 6.04 Å². The average Bonchev–Trinajstić information content (AvgIpc) is 2.94. The maximum atomic E-state index is 12.2. The van der Waals surface area contributed by atoms with Crippen molar-refractivity contribution < 1.29 is 4.79 Å². The van der Waals surface area contributed by atoms with Crippen LogP contribution in [0.1, 0.15) is 31.0 Å². The van der Waals surface area contributed by atoms with Gasteiger partial charge in [-0.1, -0.05) is 24.3 Å². The zero-order valence-electron chi connectivity index (χ0n) is 12.2. The first kappa shape index (κ1) is 14.3. The second kappa shape index (κ2) is 6.37. The topological polar surface area (TPSA) is 46.9 Å². The molecule has 1 aromatic carbocycles. The molecule has 1 amide bonds. The first-order valence-electron chi connectivity index (χ1n) is 6.90. The Kier molecular flexibility index (Phi) is 4.56. The molecule has 2 unspecified atom stereocenters. The molecule has 2 rings (SSSR count). The van der Waals surface area contributed by atoms with Gasteiger partial charge in [-0.25, -0.2) is 4.98 Å². The molecule has 20 heavy (non-hydrogen) atoms. The molecule has 0 radical (unpaired) electrons. The lowest BCUT2D eigenvalue weighted by molar-refractivity contribution is -0.124. The van der Waals surface area contributed by atoms with E-state index in [0.717, 1.165) is 6.42 Å². The molecule has 1 heterocycles. The summed E-state index contributed by atoms with van der Waals surface area (Å²) in [6.07, 6.45) is 5.99. The molecule has 0 aliphatic heterocycles. The zero-order chi connectivity index (χ0) is 14.5. The molecule has 0 aliphatic rings. The van der Waals surface area contributed by atoms with Crippen LogP contribution in [0.15, 0.2) is 43.0 Å². The second-order valence-corrected chi connectivity index (χ2v) is 5.23. The Morgan fingerprint density at radius 2 is 2.10 bits per heavy atom. The lowest BCUT2D eigenvalue weighted by Gasteiger charge is -2.19. The minimum atomic E-state index is -0.239. The van der Waals surface area contributed by atoms with Crippen molar-refractivity contribution in [2.75, 3.05) is 0 Å². The van der Waals surface area contributed by atoms with E-state index >= 15 is 0 Å². The molecule has 0 bridgehead atoms. The van der Waals surface area contributed by atoms with Crippen LogP contribution < -0.4 is 5.32 Å². The molecule has 0 saturated heterocycles. The minimum Gasteiger partial charge on any atom is -0.352 e. The highest BCUT2D eigenvalue weighted by atomic mass is 16.2. The average molecular weight is 271 g/mol. The van der Waals surface area contributed by atoms with Gasteiger partial charge in [0, 0.05) is 18.4 Å². The summed E-state index contributed by atoms with van der Waals surface area (Å²) < 4.78 is 1.80. The third kappa shape index (κ3) is 3.47. The molecule has 2 aromatic rings. The predicted molar refractivity (Wildman–Crippen MR) is 79.4 cm³/mol. The molecule has 4 heteroatoms. The molecule has 0 fully saturated rings. The van der Waals surface area contributed by atoms with E-state index in [1.165, 1.54) is 11.1 Å². The molecule has 4 nitrogen and oxygen atoms in total. The summed E-state index contributed by atoms with van der Waals surface area (Å²) >= 11 is 0. The number of hydrogen-bond acceptors (Lipinski definition) is 2. The van der Waals surface area contributed by atoms with Gasteiger partial charge in [-0.15, -0.1) is 0 Å². The second-order valence-electron chi connectivity index (χ2n) is 5.23. The van der Waals surface area contributed by atoms with Crippen molar-refractivity contribution in [1.82, 2.24) is 14.9 Å². The summed E-state index contributed by atoms with van der Waals surface area (Å²) in [7, 11) is 0. The molecule has 1 aromatic heterocycles. The summed E-state index contributed by atoms with van der Waals surface area (Å²) in [6.45, 7) is 6.00. The van der Waals surface area contributed by atoms with Gasteiger partial charge in [-0.05, 0) is 38.3 Å². The number of hydrogen-bond donors (Lipinski definition) is 1. The normalized spacial score (nSPS) is 13.8. The number of rotatable bonds is 5. The van der Waals surface area contributed by atoms with Crippen molar-refractivity contribution in [1.29, 1.82) is 0 Å². The Hall–Kier alpha value is -2.10. The van der Waals surface area contributed by atoms with Crippen LogP contribution in [-0.2, 0) is 11.2 Å². The van der Waals surface area contributed by atoms with Crippen molar-refractivity contribution in [3.63, 3.8) is 0 Å². The smallest absolute Gasteiger partial charge is 0.243 e. The van der Waals surface area contributed by atoms with Crippen LogP contribution in [0, 0.1) is 6.92 Å². The third-order valence-corrected chi connectivity index (χ3v) is 3.53. The van der Waals surface area contributed by atoms with E-state index in [0.29, 0.717) is 0 Å². The van der Waals surface area contributed by atoms with Crippen molar-refractivity contribution in [2.24, 2.45) is 0 Å². The number of benzene rings is 1. The predicted octanol–water partition coefficient (Wildman–Crippen LogP) is 2.50. The highest BCUT2D eigenvalue weighted by Crippen LogP contribution is 2.11. The summed E-state index contributed by atoms with van der Waals surface area (Å²) in [6, 6.07) is 8.13. The molecular weight excluding hydrogens is 250 g/mol. The summed E-state index contributed by atoms with van der Waals surface area (Å²) in [5, 5.41) is 3.06. The number of amides is 1. The number of nitrogens with zero attached hydrogens (tertiary/aromatic N) is 2.